The summed E-state index contributed by atoms with van der Waals surface area (Å²) in [5, 5.41) is 0. The fraction of sp³-hybridized carbons (Fsp3) is 0. The second-order valence-electron chi connectivity index (χ2n) is 3.31. The molecule has 1 aliphatic carbocycles. The standard InChI is InChI=1S/C10H3BrN2O2S/c11-4-1-2-5-6(3-4)10(15)8-7(9(5)14)12-16-13-8/h1-3H. The second kappa shape index (κ2) is 3.29. The average Bonchev–Trinajstić information content (AvgIpc) is 2.75. The first-order valence-electron chi connectivity index (χ1n) is 4.40. The van der Waals surface area contributed by atoms with Crippen LogP contribution < -0.4 is 0 Å². The molecule has 1 aliphatic rings. The monoisotopic (exact) mass is 294 g/mol. The normalized spacial score (nSPS) is 13.6. The maximum absolute atomic E-state index is 12.0. The van der Waals surface area contributed by atoms with Crippen LogP contribution in [0.1, 0.15) is 32.1 Å². The molecule has 0 radical (unpaired) electrons. The van der Waals surface area contributed by atoms with Crippen LogP contribution in [0.15, 0.2) is 22.7 Å². The van der Waals surface area contributed by atoms with Crippen molar-refractivity contribution in [3.8, 4) is 0 Å². The molecule has 0 spiro atoms. The molecule has 0 fully saturated rings. The summed E-state index contributed by atoms with van der Waals surface area (Å²) in [5.74, 6) is -0.467. The molecule has 6 heteroatoms. The lowest BCUT2D eigenvalue weighted by molar-refractivity contribution is 0.0974. The van der Waals surface area contributed by atoms with Crippen LogP contribution in [0.3, 0.4) is 0 Å². The van der Waals surface area contributed by atoms with Crippen molar-refractivity contribution in [1.82, 2.24) is 8.75 Å². The number of carbonyl (C=O) groups excluding carboxylic acids is 2. The molecular formula is C10H3BrN2O2S. The molecule has 0 atom stereocenters. The highest BCUT2D eigenvalue weighted by Crippen LogP contribution is 2.27. The first-order chi connectivity index (χ1) is 7.68. The molecule has 4 nitrogen and oxygen atoms in total. The maximum Gasteiger partial charge on any atom is 0.215 e. The van der Waals surface area contributed by atoms with E-state index in [1.807, 2.05) is 0 Å². The lowest BCUT2D eigenvalue weighted by Gasteiger charge is -2.11. The number of fused-ring (bicyclic) bond motifs is 2. The zero-order chi connectivity index (χ0) is 11.3. The number of aromatic nitrogens is 2. The van der Waals surface area contributed by atoms with Gasteiger partial charge in [-0.05, 0) is 18.2 Å². The fourth-order valence-corrected chi connectivity index (χ4v) is 2.55. The van der Waals surface area contributed by atoms with Crippen LogP contribution in [0.5, 0.6) is 0 Å². The van der Waals surface area contributed by atoms with E-state index in [0.717, 1.165) is 16.2 Å². The number of carbonyl (C=O) groups is 2. The van der Waals surface area contributed by atoms with Gasteiger partial charge in [0.1, 0.15) is 0 Å². The number of rotatable bonds is 0. The molecule has 1 aromatic heterocycles. The van der Waals surface area contributed by atoms with Crippen molar-refractivity contribution in [2.45, 2.75) is 0 Å². The lowest BCUT2D eigenvalue weighted by Crippen LogP contribution is -2.20. The third-order valence-corrected chi connectivity index (χ3v) is 3.41. The molecule has 78 valence electrons. The molecule has 2 aromatic rings. The summed E-state index contributed by atoms with van der Waals surface area (Å²) in [7, 11) is 0. The average molecular weight is 295 g/mol. The molecule has 1 heterocycles. The Morgan fingerprint density at radius 1 is 1.00 bits per heavy atom. The van der Waals surface area contributed by atoms with Gasteiger partial charge in [-0.2, -0.15) is 8.75 Å². The van der Waals surface area contributed by atoms with Crippen molar-refractivity contribution >= 4 is 39.2 Å². The minimum Gasteiger partial charge on any atom is -0.287 e. The molecule has 0 saturated heterocycles. The quantitative estimate of drug-likeness (QED) is 0.637. The minimum absolute atomic E-state index is 0.167. The van der Waals surface area contributed by atoms with Crippen molar-refractivity contribution in [2.24, 2.45) is 0 Å². The number of hydrogen-bond acceptors (Lipinski definition) is 5. The Bertz CT molecular complexity index is 635. The van der Waals surface area contributed by atoms with Gasteiger partial charge in [0.05, 0.1) is 11.7 Å². The summed E-state index contributed by atoms with van der Waals surface area (Å²) in [4.78, 5) is 24.0. The summed E-state index contributed by atoms with van der Waals surface area (Å²) in [6.07, 6.45) is 0. The van der Waals surface area contributed by atoms with E-state index in [9.17, 15) is 9.59 Å². The van der Waals surface area contributed by atoms with E-state index in [0.29, 0.717) is 11.1 Å². The molecule has 0 aliphatic heterocycles. The summed E-state index contributed by atoms with van der Waals surface area (Å²) < 4.78 is 8.48. The second-order valence-corrected chi connectivity index (χ2v) is 4.75. The van der Waals surface area contributed by atoms with Gasteiger partial charge in [0, 0.05) is 15.6 Å². The Morgan fingerprint density at radius 2 is 1.62 bits per heavy atom. The topological polar surface area (TPSA) is 59.9 Å². The SMILES string of the molecule is O=C1c2ccc(Br)cc2C(=O)c2nsnc21. The Balaban J connectivity index is 2.34. The predicted octanol–water partition coefficient (Wildman–Crippen LogP) is 2.08. The summed E-state index contributed by atoms with van der Waals surface area (Å²) in [6, 6.07) is 4.99. The smallest absolute Gasteiger partial charge is 0.215 e. The van der Waals surface area contributed by atoms with Crippen LogP contribution in [0, 0.1) is 0 Å². The van der Waals surface area contributed by atoms with Gasteiger partial charge >= 0.3 is 0 Å². The van der Waals surface area contributed by atoms with Gasteiger partial charge in [0.25, 0.3) is 0 Å². The zero-order valence-electron chi connectivity index (χ0n) is 7.73. The molecule has 3 rings (SSSR count). The van der Waals surface area contributed by atoms with Gasteiger partial charge in [0.2, 0.25) is 11.6 Å². The highest BCUT2D eigenvalue weighted by molar-refractivity contribution is 9.10. The third kappa shape index (κ3) is 1.20. The van der Waals surface area contributed by atoms with Gasteiger partial charge in [-0.15, -0.1) is 0 Å². The zero-order valence-corrected chi connectivity index (χ0v) is 10.1. The molecule has 0 bridgehead atoms. The first-order valence-corrected chi connectivity index (χ1v) is 5.92. The summed E-state index contributed by atoms with van der Waals surface area (Å²) >= 11 is 4.16. The van der Waals surface area contributed by atoms with Crippen LogP contribution in [-0.4, -0.2) is 20.3 Å². The van der Waals surface area contributed by atoms with Gasteiger partial charge in [0.15, 0.2) is 11.4 Å². The van der Waals surface area contributed by atoms with Gasteiger partial charge < -0.3 is 0 Å². The van der Waals surface area contributed by atoms with E-state index in [1.165, 1.54) is 0 Å². The van der Waals surface area contributed by atoms with E-state index in [2.05, 4.69) is 24.7 Å². The van der Waals surface area contributed by atoms with E-state index in [4.69, 9.17) is 0 Å². The van der Waals surface area contributed by atoms with Crippen molar-refractivity contribution in [3.05, 3.63) is 45.2 Å². The van der Waals surface area contributed by atoms with Crippen LogP contribution in [0.2, 0.25) is 0 Å². The highest BCUT2D eigenvalue weighted by atomic mass is 79.9. The number of nitrogens with zero attached hydrogens (tertiary/aromatic N) is 2. The van der Waals surface area contributed by atoms with Crippen LogP contribution >= 0.6 is 27.7 Å². The molecule has 16 heavy (non-hydrogen) atoms. The Labute approximate surface area is 103 Å². The Hall–Kier alpha value is -1.40. The molecule has 1 aromatic carbocycles. The number of hydrogen-bond donors (Lipinski definition) is 0. The third-order valence-electron chi connectivity index (χ3n) is 2.39. The predicted molar refractivity (Wildman–Crippen MR) is 60.9 cm³/mol. The van der Waals surface area contributed by atoms with E-state index < -0.39 is 0 Å². The van der Waals surface area contributed by atoms with Crippen LogP contribution in [-0.2, 0) is 0 Å². The van der Waals surface area contributed by atoms with Crippen molar-refractivity contribution in [2.75, 3.05) is 0 Å². The summed E-state index contributed by atoms with van der Waals surface area (Å²) in [6.45, 7) is 0. The van der Waals surface area contributed by atoms with Crippen molar-refractivity contribution < 1.29 is 9.59 Å². The number of benzene rings is 1. The number of halogens is 1. The van der Waals surface area contributed by atoms with Gasteiger partial charge in [-0.25, -0.2) is 0 Å². The number of ketones is 2. The Morgan fingerprint density at radius 3 is 2.31 bits per heavy atom. The minimum atomic E-state index is -0.236. The molecule has 0 N–H and O–H groups in total. The van der Waals surface area contributed by atoms with Gasteiger partial charge in [-0.3, -0.25) is 9.59 Å². The Kier molecular flexibility index (Phi) is 2.02. The van der Waals surface area contributed by atoms with Crippen molar-refractivity contribution in [3.63, 3.8) is 0 Å². The van der Waals surface area contributed by atoms with E-state index >= 15 is 0 Å². The first kappa shape index (κ1) is 9.80. The van der Waals surface area contributed by atoms with E-state index in [-0.39, 0.29) is 23.0 Å². The largest absolute Gasteiger partial charge is 0.287 e. The molecule has 0 unspecified atom stereocenters. The summed E-state index contributed by atoms with van der Waals surface area (Å²) in [5.41, 5.74) is 1.12. The molecule has 0 saturated carbocycles. The molecular weight excluding hydrogens is 292 g/mol. The van der Waals surface area contributed by atoms with E-state index in [1.54, 1.807) is 18.2 Å². The van der Waals surface area contributed by atoms with Crippen LogP contribution in [0.4, 0.5) is 0 Å². The maximum atomic E-state index is 12.0. The van der Waals surface area contributed by atoms with Gasteiger partial charge in [-0.1, -0.05) is 15.9 Å². The fourth-order valence-electron chi connectivity index (χ4n) is 1.64. The lowest BCUT2D eigenvalue weighted by atomic mass is 9.90. The highest BCUT2D eigenvalue weighted by Gasteiger charge is 2.33. The molecule has 0 amide bonds. The van der Waals surface area contributed by atoms with Crippen LogP contribution in [0.25, 0.3) is 0 Å². The van der Waals surface area contributed by atoms with Crippen molar-refractivity contribution in [1.29, 1.82) is 0 Å².